The van der Waals surface area contributed by atoms with Gasteiger partial charge in [0.05, 0.1) is 11.3 Å². The first-order valence-electron chi connectivity index (χ1n) is 12.7. The average Bonchev–Trinajstić information content (AvgIpc) is 3.61. The van der Waals surface area contributed by atoms with Crippen molar-refractivity contribution >= 4 is 45.3 Å². The lowest BCUT2D eigenvalue weighted by Crippen LogP contribution is -2.15. The number of hydrogen-bond acceptors (Lipinski definition) is 7. The van der Waals surface area contributed by atoms with Gasteiger partial charge in [0, 0.05) is 32.8 Å². The molecule has 1 amide bonds. The predicted molar refractivity (Wildman–Crippen MR) is 158 cm³/mol. The molecule has 3 aromatic heterocycles. The minimum Gasteiger partial charge on any atom is -0.316 e. The second-order valence-electron chi connectivity index (χ2n) is 9.33. The molecule has 0 fully saturated rings. The number of benzene rings is 1. The third kappa shape index (κ3) is 5.21. The maximum absolute atomic E-state index is 13.0. The fraction of sp³-hybridized carbons (Fsp3) is 0.310. The first-order chi connectivity index (χ1) is 18.5. The summed E-state index contributed by atoms with van der Waals surface area (Å²) in [6.45, 7) is 8.78. The second-order valence-corrected chi connectivity index (χ2v) is 12.5. The van der Waals surface area contributed by atoms with Gasteiger partial charge in [-0.05, 0) is 43.2 Å². The fourth-order valence-electron chi connectivity index (χ4n) is 4.97. The van der Waals surface area contributed by atoms with E-state index in [9.17, 15) is 10.1 Å². The molecule has 0 spiro atoms. The Bertz CT molecular complexity index is 1510. The molecule has 1 atom stereocenters. The Labute approximate surface area is 235 Å². The van der Waals surface area contributed by atoms with Crippen LogP contribution in [0.2, 0.25) is 0 Å². The van der Waals surface area contributed by atoms with Gasteiger partial charge in [0.25, 0.3) is 0 Å². The van der Waals surface area contributed by atoms with Gasteiger partial charge in [-0.1, -0.05) is 61.5 Å². The van der Waals surface area contributed by atoms with E-state index < -0.39 is 0 Å². The number of nitrogens with zero attached hydrogens (tertiary/aromatic N) is 4. The van der Waals surface area contributed by atoms with E-state index in [-0.39, 0.29) is 11.7 Å². The number of thioether (sulfide) groups is 1. The van der Waals surface area contributed by atoms with Crippen LogP contribution in [0.1, 0.15) is 40.6 Å². The van der Waals surface area contributed by atoms with Crippen molar-refractivity contribution in [1.82, 2.24) is 14.8 Å². The molecule has 1 aliphatic carbocycles. The number of aromatic nitrogens is 3. The summed E-state index contributed by atoms with van der Waals surface area (Å²) >= 11 is 4.60. The third-order valence-electron chi connectivity index (χ3n) is 6.95. The molecule has 0 radical (unpaired) electrons. The van der Waals surface area contributed by atoms with Gasteiger partial charge >= 0.3 is 0 Å². The van der Waals surface area contributed by atoms with Crippen LogP contribution in [-0.4, -0.2) is 26.4 Å². The Balaban J connectivity index is 1.35. The summed E-state index contributed by atoms with van der Waals surface area (Å²) in [5, 5.41) is 25.2. The zero-order valence-electron chi connectivity index (χ0n) is 21.5. The largest absolute Gasteiger partial charge is 0.316 e. The lowest BCUT2D eigenvalue weighted by Gasteiger charge is -2.20. The monoisotopic (exact) mass is 559 g/mol. The number of carbonyl (C=O) groups excluding carboxylic acids is 1. The molecule has 1 unspecified atom stereocenters. The molecule has 38 heavy (non-hydrogen) atoms. The summed E-state index contributed by atoms with van der Waals surface area (Å²) in [7, 11) is 0. The van der Waals surface area contributed by atoms with Gasteiger partial charge in [-0.2, -0.15) is 5.26 Å². The van der Waals surface area contributed by atoms with Crippen molar-refractivity contribution in [3.05, 3.63) is 69.2 Å². The van der Waals surface area contributed by atoms with E-state index in [0.717, 1.165) is 53.8 Å². The first-order valence-corrected chi connectivity index (χ1v) is 15.4. The van der Waals surface area contributed by atoms with Crippen LogP contribution in [0.5, 0.6) is 0 Å². The minimum atomic E-state index is -0.150. The van der Waals surface area contributed by atoms with Gasteiger partial charge in [0.15, 0.2) is 11.0 Å². The fourth-order valence-corrected chi connectivity index (χ4v) is 7.91. The summed E-state index contributed by atoms with van der Waals surface area (Å²) in [6, 6.07) is 12.6. The van der Waals surface area contributed by atoms with Crippen molar-refractivity contribution in [2.75, 3.05) is 11.1 Å². The maximum atomic E-state index is 13.0. The molecule has 0 aliphatic heterocycles. The lowest BCUT2D eigenvalue weighted by atomic mass is 9.86. The molecular weight excluding hydrogens is 531 g/mol. The van der Waals surface area contributed by atoms with E-state index in [2.05, 4.69) is 59.5 Å². The Hall–Kier alpha value is -3.19. The van der Waals surface area contributed by atoms with Gasteiger partial charge < -0.3 is 5.32 Å². The SMILES string of the molecule is C=CCn1c(SCC(=O)Nc2sc3c(c2C#N)CCC(CC)C3)nnc1-c1csc(C)c1-c1ccccc1. The van der Waals surface area contributed by atoms with Crippen molar-refractivity contribution in [1.29, 1.82) is 5.26 Å². The van der Waals surface area contributed by atoms with E-state index in [1.54, 1.807) is 22.7 Å². The number of anilines is 1. The highest BCUT2D eigenvalue weighted by atomic mass is 32.2. The molecule has 0 saturated carbocycles. The number of hydrogen-bond donors (Lipinski definition) is 1. The van der Waals surface area contributed by atoms with Crippen LogP contribution in [0.25, 0.3) is 22.5 Å². The standard InChI is InChI=1S/C29H29N5OS3/c1-4-13-34-27(23-16-36-18(3)26(23)20-9-7-6-8-10-20)32-33-29(34)37-17-25(35)31-28-22(15-30)21-12-11-19(5-2)14-24(21)38-28/h4,6-10,16,19H,1,5,11-14,17H2,2-3H3,(H,31,35). The van der Waals surface area contributed by atoms with Gasteiger partial charge in [-0.15, -0.1) is 39.4 Å². The molecule has 1 aromatic carbocycles. The summed E-state index contributed by atoms with van der Waals surface area (Å²) in [4.78, 5) is 15.4. The summed E-state index contributed by atoms with van der Waals surface area (Å²) < 4.78 is 2.01. The van der Waals surface area contributed by atoms with Gasteiger partial charge in [0.2, 0.25) is 5.91 Å². The normalized spacial score (nSPS) is 14.6. The molecule has 3 heterocycles. The van der Waals surface area contributed by atoms with Gasteiger partial charge in [0.1, 0.15) is 11.1 Å². The third-order valence-corrected chi connectivity index (χ3v) is 10.00. The number of nitrogens with one attached hydrogen (secondary N) is 1. The van der Waals surface area contributed by atoms with Crippen molar-refractivity contribution in [3.63, 3.8) is 0 Å². The van der Waals surface area contributed by atoms with E-state index >= 15 is 0 Å². The van der Waals surface area contributed by atoms with E-state index in [4.69, 9.17) is 0 Å². The van der Waals surface area contributed by atoms with Crippen molar-refractivity contribution in [2.24, 2.45) is 5.92 Å². The average molecular weight is 560 g/mol. The molecule has 9 heteroatoms. The number of amides is 1. The topological polar surface area (TPSA) is 83.6 Å². The summed E-state index contributed by atoms with van der Waals surface area (Å²) in [5.41, 5.74) is 5.08. The van der Waals surface area contributed by atoms with Crippen LogP contribution in [0.15, 0.2) is 53.5 Å². The van der Waals surface area contributed by atoms with Crippen LogP contribution < -0.4 is 5.32 Å². The Kier molecular flexibility index (Phi) is 8.12. The van der Waals surface area contributed by atoms with E-state index in [1.807, 2.05) is 28.8 Å². The Morgan fingerprint density at radius 2 is 2.16 bits per heavy atom. The lowest BCUT2D eigenvalue weighted by molar-refractivity contribution is -0.113. The van der Waals surface area contributed by atoms with Crippen LogP contribution in [-0.2, 0) is 24.2 Å². The van der Waals surface area contributed by atoms with Crippen molar-refractivity contribution in [2.45, 2.75) is 51.2 Å². The molecule has 0 saturated heterocycles. The maximum Gasteiger partial charge on any atom is 0.235 e. The van der Waals surface area contributed by atoms with Crippen LogP contribution in [0, 0.1) is 24.2 Å². The van der Waals surface area contributed by atoms with Gasteiger partial charge in [-0.25, -0.2) is 0 Å². The van der Waals surface area contributed by atoms with Crippen molar-refractivity contribution < 1.29 is 4.79 Å². The summed E-state index contributed by atoms with van der Waals surface area (Å²) in [6.07, 6.45) is 5.98. The zero-order chi connectivity index (χ0) is 26.6. The highest BCUT2D eigenvalue weighted by Gasteiger charge is 2.26. The number of aryl methyl sites for hydroxylation is 1. The molecule has 4 aromatic rings. The quantitative estimate of drug-likeness (QED) is 0.171. The molecule has 6 nitrogen and oxygen atoms in total. The minimum absolute atomic E-state index is 0.150. The number of allylic oxidation sites excluding steroid dienone is 1. The highest BCUT2D eigenvalue weighted by Crippen LogP contribution is 2.41. The predicted octanol–water partition coefficient (Wildman–Crippen LogP) is 7.35. The van der Waals surface area contributed by atoms with Crippen LogP contribution in [0.4, 0.5) is 5.00 Å². The number of fused-ring (bicyclic) bond motifs is 1. The number of carbonyl (C=O) groups is 1. The highest BCUT2D eigenvalue weighted by molar-refractivity contribution is 7.99. The Morgan fingerprint density at radius 1 is 1.34 bits per heavy atom. The summed E-state index contributed by atoms with van der Waals surface area (Å²) in [5.74, 6) is 1.45. The van der Waals surface area contributed by atoms with E-state index in [0.29, 0.717) is 28.2 Å². The molecule has 5 rings (SSSR count). The molecule has 0 bridgehead atoms. The number of nitriles is 1. The van der Waals surface area contributed by atoms with Crippen LogP contribution in [0.3, 0.4) is 0 Å². The molecule has 1 N–H and O–H groups in total. The number of thiophene rings is 2. The van der Waals surface area contributed by atoms with E-state index in [1.165, 1.54) is 21.5 Å². The van der Waals surface area contributed by atoms with Gasteiger partial charge in [-0.3, -0.25) is 9.36 Å². The Morgan fingerprint density at radius 3 is 2.89 bits per heavy atom. The second kappa shape index (κ2) is 11.7. The molecule has 194 valence electrons. The van der Waals surface area contributed by atoms with Crippen LogP contribution >= 0.6 is 34.4 Å². The zero-order valence-corrected chi connectivity index (χ0v) is 23.9. The molecule has 1 aliphatic rings. The van der Waals surface area contributed by atoms with Crippen molar-refractivity contribution in [3.8, 4) is 28.6 Å². The molecular formula is C29H29N5OS3. The first kappa shape index (κ1) is 26.4. The number of rotatable bonds is 9. The smallest absolute Gasteiger partial charge is 0.235 e.